The molecule has 0 aliphatic heterocycles. The van der Waals surface area contributed by atoms with E-state index in [0.717, 1.165) is 66.7 Å². The van der Waals surface area contributed by atoms with Gasteiger partial charge in [0.15, 0.2) is 0 Å². The molecule has 1 nitrogen and oxygen atoms in total. The SMILES string of the molecule is CCCC[B-](c1c(F)cccc1F)(c1c(F)cccc1F)c1c(F)cccc1F.Cc1c([NH3+])ccc(Cc2ccccc2)c1C. The maximum atomic E-state index is 15.0. The van der Waals surface area contributed by atoms with Crippen molar-refractivity contribution in [1.82, 2.24) is 0 Å². The molecule has 5 rings (SSSR count). The molecule has 0 aliphatic carbocycles. The van der Waals surface area contributed by atoms with E-state index in [1.54, 1.807) is 6.92 Å². The van der Waals surface area contributed by atoms with Crippen molar-refractivity contribution in [2.75, 3.05) is 0 Å². The van der Waals surface area contributed by atoms with Gasteiger partial charge in [0.1, 0.15) is 11.8 Å². The van der Waals surface area contributed by atoms with E-state index in [4.69, 9.17) is 0 Å². The highest BCUT2D eigenvalue weighted by Gasteiger charge is 2.41. The van der Waals surface area contributed by atoms with Gasteiger partial charge in [-0.15, -0.1) is 16.4 Å². The molecule has 5 aromatic carbocycles. The van der Waals surface area contributed by atoms with E-state index < -0.39 is 57.4 Å². The Hall–Kier alpha value is -4.30. The Balaban J connectivity index is 0.000000242. The number of unbranched alkanes of at least 4 members (excludes halogenated alkanes) is 1. The largest absolute Gasteiger partial charge is 0.325 e. The fourth-order valence-corrected chi connectivity index (χ4v) is 6.26. The normalized spacial score (nSPS) is 11.2. The molecule has 8 heteroatoms. The quantitative estimate of drug-likeness (QED) is 0.137. The number of benzene rings is 5. The van der Waals surface area contributed by atoms with Gasteiger partial charge in [-0.25, -0.2) is 26.3 Å². The van der Waals surface area contributed by atoms with Gasteiger partial charge in [0.05, 0.1) is 34.9 Å². The van der Waals surface area contributed by atoms with Gasteiger partial charge >= 0.3 is 0 Å². The molecule has 0 radical (unpaired) electrons. The molecule has 0 aromatic heterocycles. The summed E-state index contributed by atoms with van der Waals surface area (Å²) in [7, 11) is 0. The second-order valence-corrected chi connectivity index (χ2v) is 11.4. The first-order chi connectivity index (χ1) is 21.5. The molecule has 5 aromatic rings. The van der Waals surface area contributed by atoms with E-state index >= 15 is 0 Å². The standard InChI is InChI=1S/C22H18BF6.C15H17N/c1-2-3-13-23(20-14(24)7-4-8-15(20)25,21-16(26)9-5-10-17(21)27)22-18(28)11-6-12-19(22)29;1-11-12(2)15(16)9-8-14(11)10-13-6-4-3-5-7-13/h4-12H,2-3,13H2,1H3;3-9H,10,16H2,1-2H3/q-1;/p+1. The molecule has 0 saturated heterocycles. The lowest BCUT2D eigenvalue weighted by Crippen LogP contribution is -2.72. The molecule has 3 N–H and O–H groups in total. The molecule has 0 spiro atoms. The average molecular weight is 620 g/mol. The predicted octanol–water partition coefficient (Wildman–Crippen LogP) is 7.56. The lowest BCUT2D eigenvalue weighted by atomic mass is 9.13. The third-order valence-electron chi connectivity index (χ3n) is 8.72. The van der Waals surface area contributed by atoms with Gasteiger partial charge in [-0.05, 0) is 79.4 Å². The lowest BCUT2D eigenvalue weighted by molar-refractivity contribution is -0.255. The third-order valence-corrected chi connectivity index (χ3v) is 8.72. The van der Waals surface area contributed by atoms with Crippen LogP contribution in [0.2, 0.25) is 6.32 Å². The van der Waals surface area contributed by atoms with Crippen molar-refractivity contribution in [2.45, 2.75) is 46.4 Å². The van der Waals surface area contributed by atoms with Crippen molar-refractivity contribution in [3.63, 3.8) is 0 Å². The molecule has 234 valence electrons. The van der Waals surface area contributed by atoms with Crippen molar-refractivity contribution < 1.29 is 32.1 Å². The first kappa shape index (κ1) is 33.6. The maximum absolute atomic E-state index is 15.0. The van der Waals surface area contributed by atoms with Crippen molar-refractivity contribution in [3.8, 4) is 0 Å². The van der Waals surface area contributed by atoms with Gasteiger partial charge in [0, 0.05) is 5.56 Å². The Morgan fingerprint density at radius 2 is 0.956 bits per heavy atom. The molecular formula is C37H36BF6N. The zero-order chi connectivity index (χ0) is 32.7. The molecule has 0 heterocycles. The molecule has 0 saturated carbocycles. The highest BCUT2D eigenvalue weighted by atomic mass is 19.2. The summed E-state index contributed by atoms with van der Waals surface area (Å²) >= 11 is 0. The Morgan fingerprint density at radius 1 is 0.533 bits per heavy atom. The minimum Gasteiger partial charge on any atom is -0.325 e. The third kappa shape index (κ3) is 7.01. The van der Waals surface area contributed by atoms with Gasteiger partial charge in [0.2, 0.25) is 0 Å². The van der Waals surface area contributed by atoms with Crippen LogP contribution in [0.15, 0.2) is 97.1 Å². The van der Waals surface area contributed by atoms with Crippen LogP contribution in [0.3, 0.4) is 0 Å². The minimum absolute atomic E-state index is 0.231. The van der Waals surface area contributed by atoms with Crippen LogP contribution in [-0.4, -0.2) is 6.15 Å². The van der Waals surface area contributed by atoms with Crippen LogP contribution in [0.25, 0.3) is 0 Å². The van der Waals surface area contributed by atoms with Crippen molar-refractivity contribution in [2.24, 2.45) is 0 Å². The van der Waals surface area contributed by atoms with Crippen LogP contribution < -0.4 is 22.1 Å². The van der Waals surface area contributed by atoms with Crippen molar-refractivity contribution in [3.05, 3.63) is 154 Å². The van der Waals surface area contributed by atoms with Gasteiger partial charge < -0.3 is 5.73 Å². The second-order valence-electron chi connectivity index (χ2n) is 11.4. The van der Waals surface area contributed by atoms with Crippen LogP contribution >= 0.6 is 0 Å². The summed E-state index contributed by atoms with van der Waals surface area (Å²) in [6.45, 7) is 6.09. The molecule has 0 aliphatic rings. The fourth-order valence-electron chi connectivity index (χ4n) is 6.26. The molecular weight excluding hydrogens is 583 g/mol. The highest BCUT2D eigenvalue weighted by molar-refractivity contribution is 7.11. The summed E-state index contributed by atoms with van der Waals surface area (Å²) < 4.78 is 89.7. The number of quaternary nitrogens is 1. The van der Waals surface area contributed by atoms with Gasteiger partial charge in [-0.3, -0.25) is 0 Å². The summed E-state index contributed by atoms with van der Waals surface area (Å²) in [5, 5.41) is 0. The Labute approximate surface area is 260 Å². The number of hydrogen-bond acceptors (Lipinski definition) is 0. The molecule has 0 bridgehead atoms. The summed E-state index contributed by atoms with van der Waals surface area (Å²) in [6, 6.07) is 23.6. The van der Waals surface area contributed by atoms with E-state index in [1.165, 1.54) is 22.3 Å². The van der Waals surface area contributed by atoms with E-state index in [1.807, 2.05) is 0 Å². The number of rotatable bonds is 8. The van der Waals surface area contributed by atoms with Crippen LogP contribution in [0.5, 0.6) is 0 Å². The van der Waals surface area contributed by atoms with Crippen LogP contribution in [0, 0.1) is 48.8 Å². The number of halogens is 6. The Morgan fingerprint density at radius 3 is 1.36 bits per heavy atom. The molecule has 45 heavy (non-hydrogen) atoms. The summed E-state index contributed by atoms with van der Waals surface area (Å²) in [4.78, 5) is 0. The molecule has 0 fully saturated rings. The average Bonchev–Trinajstić information content (AvgIpc) is 3.01. The summed E-state index contributed by atoms with van der Waals surface area (Å²) in [6.07, 6.45) is -1.85. The van der Waals surface area contributed by atoms with Crippen LogP contribution in [0.1, 0.15) is 42.0 Å². The first-order valence-electron chi connectivity index (χ1n) is 15.0. The topological polar surface area (TPSA) is 27.6 Å². The van der Waals surface area contributed by atoms with Gasteiger partial charge in [-0.1, -0.05) is 74.4 Å². The predicted molar refractivity (Wildman–Crippen MR) is 171 cm³/mol. The Kier molecular flexibility index (Phi) is 10.9. The molecule has 0 atom stereocenters. The smallest absolute Gasteiger partial charge is 0.131 e. The van der Waals surface area contributed by atoms with Gasteiger partial charge in [0.25, 0.3) is 0 Å². The molecule has 0 amide bonds. The van der Waals surface area contributed by atoms with Crippen LogP contribution in [0.4, 0.5) is 32.0 Å². The fraction of sp³-hybridized carbons (Fsp3) is 0.189. The van der Waals surface area contributed by atoms with Crippen molar-refractivity contribution in [1.29, 1.82) is 0 Å². The first-order valence-corrected chi connectivity index (χ1v) is 15.0. The van der Waals surface area contributed by atoms with E-state index in [0.29, 0.717) is 6.42 Å². The Bertz CT molecular complexity index is 1590. The van der Waals surface area contributed by atoms with Gasteiger partial charge in [-0.2, -0.15) is 6.32 Å². The summed E-state index contributed by atoms with van der Waals surface area (Å²) in [5.41, 5.74) is 8.43. The lowest BCUT2D eigenvalue weighted by Gasteiger charge is -2.43. The van der Waals surface area contributed by atoms with E-state index in [9.17, 15) is 26.3 Å². The van der Waals surface area contributed by atoms with E-state index in [2.05, 4.69) is 62.0 Å². The number of hydrogen-bond donors (Lipinski definition) is 1. The van der Waals surface area contributed by atoms with Crippen LogP contribution in [-0.2, 0) is 6.42 Å². The molecule has 0 unspecified atom stereocenters. The minimum atomic E-state index is -3.32. The highest BCUT2D eigenvalue weighted by Crippen LogP contribution is 2.24. The van der Waals surface area contributed by atoms with E-state index in [-0.39, 0.29) is 12.7 Å². The zero-order valence-corrected chi connectivity index (χ0v) is 25.6. The zero-order valence-electron chi connectivity index (χ0n) is 25.6. The van der Waals surface area contributed by atoms with Crippen molar-refractivity contribution >= 4 is 28.2 Å². The monoisotopic (exact) mass is 619 g/mol. The second kappa shape index (κ2) is 14.7. The maximum Gasteiger partial charge on any atom is 0.131 e. The summed E-state index contributed by atoms with van der Waals surface area (Å²) in [5.74, 6) is -6.71.